The molecular formula is C20H37NO5. The van der Waals surface area contributed by atoms with Crippen LogP contribution in [0.15, 0.2) is 0 Å². The van der Waals surface area contributed by atoms with Gasteiger partial charge in [0.15, 0.2) is 0 Å². The smallest absolute Gasteiger partial charge is 0.323 e. The van der Waals surface area contributed by atoms with Crippen LogP contribution in [0.5, 0.6) is 0 Å². The van der Waals surface area contributed by atoms with Gasteiger partial charge in [0.1, 0.15) is 13.1 Å². The summed E-state index contributed by atoms with van der Waals surface area (Å²) in [5.41, 5.74) is 0. The third-order valence-electron chi connectivity index (χ3n) is 4.50. The zero-order chi connectivity index (χ0) is 19.6. The molecule has 0 saturated heterocycles. The summed E-state index contributed by atoms with van der Waals surface area (Å²) in [5, 5.41) is 17.5. The summed E-state index contributed by atoms with van der Waals surface area (Å²) in [4.78, 5) is 34.2. The lowest BCUT2D eigenvalue weighted by Crippen LogP contribution is -2.39. The maximum Gasteiger partial charge on any atom is 0.323 e. The Morgan fingerprint density at radius 3 is 1.31 bits per heavy atom. The van der Waals surface area contributed by atoms with Crippen LogP contribution < -0.4 is 0 Å². The second-order valence-electron chi connectivity index (χ2n) is 7.03. The van der Waals surface area contributed by atoms with Crippen molar-refractivity contribution in [2.24, 2.45) is 0 Å². The number of carboxylic acid groups (broad SMARTS) is 2. The molecule has 0 aliphatic heterocycles. The molecule has 0 fully saturated rings. The van der Waals surface area contributed by atoms with Gasteiger partial charge in [0.05, 0.1) is 0 Å². The molecule has 6 heteroatoms. The summed E-state index contributed by atoms with van der Waals surface area (Å²) in [6, 6.07) is 0. The number of aliphatic carboxylic acids is 2. The number of rotatable bonds is 18. The molecule has 0 aromatic heterocycles. The van der Waals surface area contributed by atoms with Gasteiger partial charge in [0.2, 0.25) is 5.91 Å². The first-order valence-corrected chi connectivity index (χ1v) is 10.2. The normalized spacial score (nSPS) is 10.7. The fraction of sp³-hybridized carbons (Fsp3) is 0.850. The number of hydrogen-bond donors (Lipinski definition) is 2. The molecule has 0 unspecified atom stereocenters. The molecule has 0 spiro atoms. The van der Waals surface area contributed by atoms with Gasteiger partial charge in [-0.05, 0) is 6.42 Å². The van der Waals surface area contributed by atoms with Gasteiger partial charge in [0.25, 0.3) is 0 Å². The number of nitrogens with zero attached hydrogens (tertiary/aromatic N) is 1. The summed E-state index contributed by atoms with van der Waals surface area (Å²) in [7, 11) is 0. The Kier molecular flexibility index (Phi) is 15.8. The van der Waals surface area contributed by atoms with Gasteiger partial charge >= 0.3 is 11.9 Å². The van der Waals surface area contributed by atoms with Crippen molar-refractivity contribution in [3.05, 3.63) is 0 Å². The highest BCUT2D eigenvalue weighted by Crippen LogP contribution is 2.13. The van der Waals surface area contributed by atoms with Crippen molar-refractivity contribution in [2.45, 2.75) is 96.8 Å². The molecule has 0 heterocycles. The number of carbonyl (C=O) groups excluding carboxylic acids is 1. The van der Waals surface area contributed by atoms with Crippen LogP contribution in [0.1, 0.15) is 96.8 Å². The van der Waals surface area contributed by atoms with E-state index in [9.17, 15) is 14.4 Å². The van der Waals surface area contributed by atoms with E-state index in [0.29, 0.717) is 6.42 Å². The SMILES string of the molecule is CCCCCCCCCCCCCCCC(=O)N(CC(=O)O)CC(=O)O. The summed E-state index contributed by atoms with van der Waals surface area (Å²) in [6.07, 6.45) is 16.0. The molecule has 2 N–H and O–H groups in total. The molecule has 0 aliphatic rings. The highest BCUT2D eigenvalue weighted by Gasteiger charge is 2.18. The van der Waals surface area contributed by atoms with Crippen molar-refractivity contribution in [1.29, 1.82) is 0 Å². The van der Waals surface area contributed by atoms with E-state index < -0.39 is 30.9 Å². The number of carbonyl (C=O) groups is 3. The van der Waals surface area contributed by atoms with E-state index in [0.717, 1.165) is 24.2 Å². The Morgan fingerprint density at radius 1 is 0.615 bits per heavy atom. The van der Waals surface area contributed by atoms with Crippen molar-refractivity contribution in [3.8, 4) is 0 Å². The lowest BCUT2D eigenvalue weighted by Gasteiger charge is -2.18. The number of carboxylic acids is 2. The van der Waals surface area contributed by atoms with E-state index in [2.05, 4.69) is 6.92 Å². The zero-order valence-electron chi connectivity index (χ0n) is 16.4. The minimum absolute atomic E-state index is 0.221. The summed E-state index contributed by atoms with van der Waals surface area (Å²) in [6.45, 7) is 1.13. The van der Waals surface area contributed by atoms with E-state index in [-0.39, 0.29) is 6.42 Å². The molecule has 1 amide bonds. The van der Waals surface area contributed by atoms with Crippen LogP contribution in [-0.4, -0.2) is 46.0 Å². The van der Waals surface area contributed by atoms with E-state index in [1.54, 1.807) is 0 Å². The highest BCUT2D eigenvalue weighted by molar-refractivity contribution is 5.85. The number of unbranched alkanes of at least 4 members (excludes halogenated alkanes) is 12. The third-order valence-corrected chi connectivity index (χ3v) is 4.50. The van der Waals surface area contributed by atoms with E-state index in [4.69, 9.17) is 10.2 Å². The second-order valence-corrected chi connectivity index (χ2v) is 7.03. The van der Waals surface area contributed by atoms with E-state index >= 15 is 0 Å². The van der Waals surface area contributed by atoms with Gasteiger partial charge in [-0.15, -0.1) is 0 Å². The van der Waals surface area contributed by atoms with Gasteiger partial charge in [-0.1, -0.05) is 84.0 Å². The predicted octanol–water partition coefficient (Wildman–Crippen LogP) is 4.47. The first kappa shape index (κ1) is 24.4. The van der Waals surface area contributed by atoms with Gasteiger partial charge < -0.3 is 15.1 Å². The minimum Gasteiger partial charge on any atom is -0.480 e. The van der Waals surface area contributed by atoms with Crippen molar-refractivity contribution >= 4 is 17.8 Å². The predicted molar refractivity (Wildman–Crippen MR) is 102 cm³/mol. The van der Waals surface area contributed by atoms with Crippen LogP contribution in [0.3, 0.4) is 0 Å². The van der Waals surface area contributed by atoms with Crippen molar-refractivity contribution in [2.75, 3.05) is 13.1 Å². The summed E-state index contributed by atoms with van der Waals surface area (Å²) >= 11 is 0. The quantitative estimate of drug-likeness (QED) is 0.347. The summed E-state index contributed by atoms with van der Waals surface area (Å²) < 4.78 is 0. The Labute approximate surface area is 158 Å². The van der Waals surface area contributed by atoms with Gasteiger partial charge in [0, 0.05) is 6.42 Å². The highest BCUT2D eigenvalue weighted by atomic mass is 16.4. The van der Waals surface area contributed by atoms with Crippen molar-refractivity contribution < 1.29 is 24.6 Å². The number of hydrogen-bond acceptors (Lipinski definition) is 3. The van der Waals surface area contributed by atoms with E-state index in [1.165, 1.54) is 57.8 Å². The average Bonchev–Trinajstić information content (AvgIpc) is 2.57. The topological polar surface area (TPSA) is 94.9 Å². The molecule has 0 rings (SSSR count). The Morgan fingerprint density at radius 2 is 0.962 bits per heavy atom. The third kappa shape index (κ3) is 15.9. The molecule has 0 atom stereocenters. The van der Waals surface area contributed by atoms with Crippen LogP contribution in [0.25, 0.3) is 0 Å². The minimum atomic E-state index is -1.19. The molecule has 0 aromatic carbocycles. The lowest BCUT2D eigenvalue weighted by molar-refractivity contribution is -0.149. The van der Waals surface area contributed by atoms with Gasteiger partial charge in [-0.3, -0.25) is 14.4 Å². The molecule has 6 nitrogen and oxygen atoms in total. The summed E-state index contributed by atoms with van der Waals surface area (Å²) in [5.74, 6) is -2.77. The lowest BCUT2D eigenvalue weighted by atomic mass is 10.0. The second kappa shape index (κ2) is 16.9. The van der Waals surface area contributed by atoms with Crippen LogP contribution in [0.4, 0.5) is 0 Å². The van der Waals surface area contributed by atoms with Gasteiger partial charge in [-0.2, -0.15) is 0 Å². The van der Waals surface area contributed by atoms with E-state index in [1.807, 2.05) is 0 Å². The first-order valence-electron chi connectivity index (χ1n) is 10.2. The number of amides is 1. The fourth-order valence-corrected chi connectivity index (χ4v) is 3.01. The van der Waals surface area contributed by atoms with Crippen molar-refractivity contribution in [3.63, 3.8) is 0 Å². The Balaban J connectivity index is 3.56. The molecule has 152 valence electrons. The Hall–Kier alpha value is -1.59. The van der Waals surface area contributed by atoms with Crippen LogP contribution in [0, 0.1) is 0 Å². The molecule has 0 aliphatic carbocycles. The van der Waals surface area contributed by atoms with Crippen LogP contribution in [-0.2, 0) is 14.4 Å². The van der Waals surface area contributed by atoms with Crippen molar-refractivity contribution in [1.82, 2.24) is 4.90 Å². The molecular weight excluding hydrogens is 334 g/mol. The monoisotopic (exact) mass is 371 g/mol. The van der Waals surface area contributed by atoms with Crippen LogP contribution in [0.2, 0.25) is 0 Å². The molecule has 0 saturated carbocycles. The average molecular weight is 372 g/mol. The fourth-order valence-electron chi connectivity index (χ4n) is 3.01. The first-order chi connectivity index (χ1) is 12.5. The Bertz CT molecular complexity index is 382. The maximum absolute atomic E-state index is 11.9. The molecule has 0 bridgehead atoms. The van der Waals surface area contributed by atoms with Gasteiger partial charge in [-0.25, -0.2) is 0 Å². The maximum atomic E-state index is 11.9. The molecule has 0 radical (unpaired) electrons. The zero-order valence-corrected chi connectivity index (χ0v) is 16.4. The molecule has 0 aromatic rings. The molecule has 26 heavy (non-hydrogen) atoms. The largest absolute Gasteiger partial charge is 0.480 e. The standard InChI is InChI=1S/C20H37NO5/c1-2-3-4-5-6-7-8-9-10-11-12-13-14-15-18(22)21(16-19(23)24)17-20(25)26/h2-17H2,1H3,(H,23,24)(H,25,26). The van der Waals surface area contributed by atoms with Crippen LogP contribution >= 0.6 is 0 Å².